The van der Waals surface area contributed by atoms with E-state index in [1.165, 1.54) is 7.11 Å². The van der Waals surface area contributed by atoms with E-state index < -0.39 is 77.7 Å². The molecule has 0 amide bonds. The van der Waals surface area contributed by atoms with Crippen LogP contribution in [0.15, 0.2) is 0 Å². The summed E-state index contributed by atoms with van der Waals surface area (Å²) in [6, 6.07) is 0. The van der Waals surface area contributed by atoms with E-state index >= 15 is 0 Å². The summed E-state index contributed by atoms with van der Waals surface area (Å²) in [5.74, 6) is 4.35. The number of phosphoric ester groups is 2. The second-order valence-corrected chi connectivity index (χ2v) is 8.86. The monoisotopic (exact) mass is 549 g/mol. The Hall–Kier alpha value is -0.800. The van der Waals surface area contributed by atoms with Gasteiger partial charge in [-0.2, -0.15) is 0 Å². The van der Waals surface area contributed by atoms with Gasteiger partial charge in [-0.25, -0.2) is 15.0 Å². The molecule has 9 atom stereocenters. The number of hydrogen-bond donors (Lipinski definition) is 11. The van der Waals surface area contributed by atoms with Gasteiger partial charge in [0.25, 0.3) is 0 Å². The largest absolute Gasteiger partial charge is 0.473 e. The van der Waals surface area contributed by atoms with Crippen molar-refractivity contribution < 1.29 is 87.6 Å². The molecule has 0 saturated heterocycles. The summed E-state index contributed by atoms with van der Waals surface area (Å²) in [5.41, 5.74) is 0. The average Bonchev–Trinajstić information content (AvgIpc) is 2.76. The Morgan fingerprint density at radius 1 is 0.765 bits per heavy atom. The molecule has 0 saturated carbocycles. The molecular weight excluding hydrogens is 520 g/mol. The summed E-state index contributed by atoms with van der Waals surface area (Å²) in [7, 11) is -8.96. The SMILES string of the molecule is CON.O=C[C@H](OP(=O)(O)OC[C@@H](O)[C@@H](O)[C@H](O)[C@@H](O)C=O)[C@@H](O)[C@H](O)[C@H](O)COP(=O)(O)O. The van der Waals surface area contributed by atoms with Crippen LogP contribution < -0.4 is 5.90 Å². The van der Waals surface area contributed by atoms with Gasteiger partial charge in [0.15, 0.2) is 18.7 Å². The third-order valence-electron chi connectivity index (χ3n) is 3.53. The van der Waals surface area contributed by atoms with Gasteiger partial charge in [0.1, 0.15) is 42.7 Å². The molecule has 0 heterocycles. The highest BCUT2D eigenvalue weighted by Crippen LogP contribution is 2.45. The van der Waals surface area contributed by atoms with Gasteiger partial charge in [-0.1, -0.05) is 0 Å². The standard InChI is InChI=1S/C12H24O17P2.CH5NO/c13-1-5(15)9(18)10(19)7(17)4-28-31(25,26)29-8(2-14)12(21)11(20)6(16)3-27-30(22,23)24;1-3-2/h1-2,5-12,15-21H,3-4H2,(H,25,26)(H2,22,23,24);2H2,1H3/t5-,6+,7+,8-,9+,10+,11+,12+;/m0./s1. The molecule has 0 aromatic carbocycles. The van der Waals surface area contributed by atoms with E-state index in [4.69, 9.17) is 14.9 Å². The maximum Gasteiger partial charge on any atom is 0.473 e. The average molecular weight is 549 g/mol. The number of carbonyl (C=O) groups is 2. The summed E-state index contributed by atoms with van der Waals surface area (Å²) < 4.78 is 34.8. The summed E-state index contributed by atoms with van der Waals surface area (Å²) in [6.45, 7) is -2.46. The maximum atomic E-state index is 11.8. The number of aliphatic hydroxyl groups excluding tert-OH is 7. The van der Waals surface area contributed by atoms with Crippen molar-refractivity contribution in [2.75, 3.05) is 20.3 Å². The predicted molar refractivity (Wildman–Crippen MR) is 104 cm³/mol. The summed E-state index contributed by atoms with van der Waals surface area (Å²) in [4.78, 5) is 51.6. The van der Waals surface area contributed by atoms with Crippen LogP contribution in [0, 0.1) is 0 Å². The van der Waals surface area contributed by atoms with E-state index in [2.05, 4.69) is 24.3 Å². The highest BCUT2D eigenvalue weighted by atomic mass is 31.2. The Bertz CT molecular complexity index is 676. The predicted octanol–water partition coefficient (Wildman–Crippen LogP) is -5.97. The van der Waals surface area contributed by atoms with Gasteiger partial charge < -0.3 is 64.9 Å². The lowest BCUT2D eigenvalue weighted by Gasteiger charge is -2.28. The van der Waals surface area contributed by atoms with E-state index in [1.54, 1.807) is 0 Å². The zero-order valence-electron chi connectivity index (χ0n) is 17.4. The maximum absolute atomic E-state index is 11.8. The molecule has 0 radical (unpaired) electrons. The third kappa shape index (κ3) is 14.6. The Labute approximate surface area is 191 Å². The first-order valence-corrected chi connectivity index (χ1v) is 11.8. The minimum absolute atomic E-state index is 0.164. The zero-order valence-corrected chi connectivity index (χ0v) is 19.2. The van der Waals surface area contributed by atoms with Crippen molar-refractivity contribution in [1.29, 1.82) is 0 Å². The summed E-state index contributed by atoms with van der Waals surface area (Å²) in [6.07, 6.45) is -18.5. The molecule has 0 fully saturated rings. The number of aldehydes is 2. The Kier molecular flexibility index (Phi) is 17.5. The van der Waals surface area contributed by atoms with Crippen LogP contribution >= 0.6 is 15.6 Å². The van der Waals surface area contributed by atoms with E-state index in [-0.39, 0.29) is 12.6 Å². The van der Waals surface area contributed by atoms with Gasteiger partial charge in [-0.15, -0.1) is 0 Å². The number of aliphatic hydroxyl groups is 7. The number of nitrogens with two attached hydrogens (primary N) is 1. The van der Waals surface area contributed by atoms with Gasteiger partial charge in [-0.3, -0.25) is 13.6 Å². The first-order valence-electron chi connectivity index (χ1n) is 8.73. The molecule has 0 spiro atoms. The van der Waals surface area contributed by atoms with Crippen molar-refractivity contribution >= 4 is 28.2 Å². The van der Waals surface area contributed by atoms with Crippen LogP contribution in [-0.4, -0.2) is 132 Å². The van der Waals surface area contributed by atoms with E-state index in [9.17, 15) is 54.3 Å². The molecule has 34 heavy (non-hydrogen) atoms. The van der Waals surface area contributed by atoms with Crippen molar-refractivity contribution in [3.63, 3.8) is 0 Å². The zero-order chi connectivity index (χ0) is 27.3. The van der Waals surface area contributed by atoms with Gasteiger partial charge in [0, 0.05) is 0 Å². The molecule has 19 nitrogen and oxygen atoms in total. The Balaban J connectivity index is 0. The van der Waals surface area contributed by atoms with E-state index in [1.807, 2.05) is 0 Å². The number of rotatable bonds is 16. The fourth-order valence-corrected chi connectivity index (χ4v) is 3.06. The fourth-order valence-electron chi connectivity index (χ4n) is 1.83. The highest BCUT2D eigenvalue weighted by Gasteiger charge is 2.39. The van der Waals surface area contributed by atoms with Crippen LogP contribution in [-0.2, 0) is 37.1 Å². The molecule has 0 aromatic heterocycles. The van der Waals surface area contributed by atoms with E-state index in [0.717, 1.165) is 0 Å². The van der Waals surface area contributed by atoms with Crippen molar-refractivity contribution in [1.82, 2.24) is 0 Å². The van der Waals surface area contributed by atoms with E-state index in [0.29, 0.717) is 0 Å². The summed E-state index contributed by atoms with van der Waals surface area (Å²) in [5, 5.41) is 66.4. The molecule has 204 valence electrons. The number of hydrogen-bond acceptors (Lipinski definition) is 16. The van der Waals surface area contributed by atoms with Crippen LogP contribution in [0.4, 0.5) is 0 Å². The molecule has 0 aliphatic heterocycles. The molecule has 0 aromatic rings. The van der Waals surface area contributed by atoms with Gasteiger partial charge >= 0.3 is 15.6 Å². The Morgan fingerprint density at radius 3 is 1.56 bits per heavy atom. The van der Waals surface area contributed by atoms with Crippen molar-refractivity contribution in [2.45, 2.75) is 48.8 Å². The van der Waals surface area contributed by atoms with Crippen molar-refractivity contribution in [3.8, 4) is 0 Å². The lowest BCUT2D eigenvalue weighted by atomic mass is 10.0. The molecule has 0 rings (SSSR count). The molecular formula is C13H29NO18P2. The van der Waals surface area contributed by atoms with Gasteiger partial charge in [-0.05, 0) is 0 Å². The lowest BCUT2D eigenvalue weighted by molar-refractivity contribution is -0.139. The fraction of sp³-hybridized carbons (Fsp3) is 0.846. The topological polar surface area (TPSA) is 334 Å². The van der Waals surface area contributed by atoms with Crippen molar-refractivity contribution in [3.05, 3.63) is 0 Å². The van der Waals surface area contributed by atoms with Crippen LogP contribution in [0.3, 0.4) is 0 Å². The van der Waals surface area contributed by atoms with Gasteiger partial charge in [0.2, 0.25) is 0 Å². The smallest absolute Gasteiger partial charge is 0.388 e. The quantitative estimate of drug-likeness (QED) is 0.0484. The highest BCUT2D eigenvalue weighted by molar-refractivity contribution is 7.47. The minimum atomic E-state index is -5.31. The molecule has 1 unspecified atom stereocenters. The molecule has 0 aliphatic carbocycles. The first-order chi connectivity index (χ1) is 15.5. The normalized spacial score (nSPS) is 20.8. The van der Waals surface area contributed by atoms with Crippen molar-refractivity contribution in [2.24, 2.45) is 5.90 Å². The number of phosphoric acid groups is 2. The lowest BCUT2D eigenvalue weighted by Crippen LogP contribution is -2.47. The molecule has 12 N–H and O–H groups in total. The first kappa shape index (κ1) is 35.4. The minimum Gasteiger partial charge on any atom is -0.388 e. The number of carbonyl (C=O) groups excluding carboxylic acids is 2. The van der Waals surface area contributed by atoms with Crippen LogP contribution in [0.2, 0.25) is 0 Å². The second kappa shape index (κ2) is 16.8. The van der Waals surface area contributed by atoms with Crippen LogP contribution in [0.25, 0.3) is 0 Å². The van der Waals surface area contributed by atoms with Crippen LogP contribution in [0.5, 0.6) is 0 Å². The Morgan fingerprint density at radius 2 is 1.18 bits per heavy atom. The van der Waals surface area contributed by atoms with Gasteiger partial charge in [0.05, 0.1) is 20.3 Å². The van der Waals surface area contributed by atoms with Crippen LogP contribution in [0.1, 0.15) is 0 Å². The third-order valence-corrected chi connectivity index (χ3v) is 5.00. The second-order valence-electron chi connectivity index (χ2n) is 6.22. The molecule has 0 bridgehead atoms. The molecule has 0 aliphatic rings. The summed E-state index contributed by atoms with van der Waals surface area (Å²) >= 11 is 0. The molecule has 21 heteroatoms.